The molecule has 0 N–H and O–H groups in total. The van der Waals surface area contributed by atoms with Crippen molar-refractivity contribution in [1.82, 2.24) is 0 Å². The second-order valence-electron chi connectivity index (χ2n) is 7.97. The zero-order valence-electron chi connectivity index (χ0n) is 14.7. The molecule has 0 saturated carbocycles. The summed E-state index contributed by atoms with van der Waals surface area (Å²) in [6, 6.07) is 0. The molecule has 8 heteroatoms. The van der Waals surface area contributed by atoms with Gasteiger partial charge in [-0.05, 0) is 58.9 Å². The average Bonchev–Trinajstić information content (AvgIpc) is 2.06. The second kappa shape index (κ2) is 6.47. The first kappa shape index (κ1) is 20.7. The fraction of sp³-hybridized carbons (Fsp3) is 0.769. The van der Waals surface area contributed by atoms with Crippen molar-refractivity contribution in [2.45, 2.75) is 64.9 Å². The van der Waals surface area contributed by atoms with E-state index in [4.69, 9.17) is 13.3 Å². The van der Waals surface area contributed by atoms with Crippen molar-refractivity contribution in [2.75, 3.05) is 0 Å². The van der Waals surface area contributed by atoms with Gasteiger partial charge in [0.1, 0.15) is 5.57 Å². The first-order chi connectivity index (χ1) is 8.98. The lowest BCUT2D eigenvalue weighted by Gasteiger charge is -2.44. The molecular weight excluding hydrogens is 320 g/mol. The summed E-state index contributed by atoms with van der Waals surface area (Å²) in [5.74, 6) is -3.15. The molecule has 0 aliphatic rings. The van der Waals surface area contributed by atoms with Crippen LogP contribution in [0.4, 0.5) is 0 Å². The molecule has 0 saturated heterocycles. The highest BCUT2D eigenvalue weighted by molar-refractivity contribution is 6.72. The van der Waals surface area contributed by atoms with E-state index in [1.807, 2.05) is 58.9 Å². The molecule has 0 rings (SSSR count). The normalized spacial score (nSPS) is 14.1. The molecule has 21 heavy (non-hydrogen) atoms. The predicted octanol–water partition coefficient (Wildman–Crippen LogP) is 3.71. The number of carbonyl (C=O) groups is 1. The van der Waals surface area contributed by atoms with Crippen LogP contribution in [0.2, 0.25) is 58.9 Å². The molecule has 0 amide bonds. The van der Waals surface area contributed by atoms with Crippen molar-refractivity contribution >= 4 is 30.9 Å². The molecule has 0 fully saturated rings. The van der Waals surface area contributed by atoms with Crippen LogP contribution in [0.15, 0.2) is 12.2 Å². The van der Waals surface area contributed by atoms with Crippen LogP contribution in [0.5, 0.6) is 0 Å². The lowest BCUT2D eigenvalue weighted by atomic mass is 10.3. The van der Waals surface area contributed by atoms with Crippen LogP contribution in [0.1, 0.15) is 0 Å². The first-order valence-electron chi connectivity index (χ1n) is 6.99. The van der Waals surface area contributed by atoms with E-state index >= 15 is 0 Å². The third-order valence-corrected chi connectivity index (χ3v) is 4.58. The molecule has 0 aromatic carbocycles. The molecule has 123 valence electrons. The summed E-state index contributed by atoms with van der Waals surface area (Å²) in [6.45, 7) is 21.2. The molecule has 0 aliphatic heterocycles. The Labute approximate surface area is 131 Å². The Morgan fingerprint density at radius 1 is 0.762 bits per heavy atom. The van der Waals surface area contributed by atoms with Crippen LogP contribution in [-0.4, -0.2) is 36.9 Å². The van der Waals surface area contributed by atoms with E-state index < -0.39 is 36.9 Å². The number of rotatable bonds is 8. The maximum Gasteiger partial charge on any atom is 0.389 e. The Morgan fingerprint density at radius 2 is 1.00 bits per heavy atom. The van der Waals surface area contributed by atoms with Gasteiger partial charge < -0.3 is 13.3 Å². The van der Waals surface area contributed by atoms with Gasteiger partial charge in [-0.3, -0.25) is 0 Å². The monoisotopic (exact) mass is 349 g/mol. The van der Waals surface area contributed by atoms with E-state index in [1.165, 1.54) is 0 Å². The second-order valence-corrected chi connectivity index (χ2v) is 21.3. The van der Waals surface area contributed by atoms with Gasteiger partial charge in [-0.15, -0.1) is 0 Å². The van der Waals surface area contributed by atoms with Crippen LogP contribution in [0, 0.1) is 0 Å². The average molecular weight is 350 g/mol. The van der Waals surface area contributed by atoms with Crippen molar-refractivity contribution in [3.05, 3.63) is 12.2 Å². The van der Waals surface area contributed by atoms with Crippen molar-refractivity contribution in [1.29, 1.82) is 0 Å². The van der Waals surface area contributed by atoms with Crippen LogP contribution < -0.4 is 0 Å². The summed E-state index contributed by atoms with van der Waals surface area (Å²) in [5, 5.41) is 11.4. The number of carbonyl (C=O) groups excluding carboxylic acids is 1. The maximum atomic E-state index is 11.4. The molecule has 0 atom stereocenters. The molecule has 0 aromatic heterocycles. The van der Waals surface area contributed by atoms with Crippen molar-refractivity contribution in [2.24, 2.45) is 0 Å². The Kier molecular flexibility index (Phi) is 6.39. The summed E-state index contributed by atoms with van der Waals surface area (Å²) in [5.41, 5.74) is -0.297. The van der Waals surface area contributed by atoms with Gasteiger partial charge in [0.2, 0.25) is 0 Å². The fourth-order valence-corrected chi connectivity index (χ4v) is 4.87. The van der Waals surface area contributed by atoms with E-state index in [-0.39, 0.29) is 5.57 Å². The topological polar surface area (TPSA) is 64.7 Å². The highest BCUT2D eigenvalue weighted by Crippen LogP contribution is 2.34. The van der Waals surface area contributed by atoms with Crippen molar-refractivity contribution in [3.63, 3.8) is 0 Å². The molecule has 0 spiro atoms. The lowest BCUT2D eigenvalue weighted by Crippen LogP contribution is -2.57. The minimum Gasteiger partial charge on any atom is -0.367 e. The summed E-state index contributed by atoms with van der Waals surface area (Å²) < 4.78 is 18.1. The summed E-state index contributed by atoms with van der Waals surface area (Å²) >= 11 is 0. The molecule has 0 aromatic rings. The zero-order valence-corrected chi connectivity index (χ0v) is 17.7. The number of hydrogen-bond donors (Lipinski definition) is 0. The summed E-state index contributed by atoms with van der Waals surface area (Å²) in [4.78, 5) is 11.4. The predicted molar refractivity (Wildman–Crippen MR) is 90.9 cm³/mol. The van der Waals surface area contributed by atoms with E-state index in [2.05, 4.69) is 6.58 Å². The third kappa shape index (κ3) is 8.07. The largest absolute Gasteiger partial charge is 0.389 e. The van der Waals surface area contributed by atoms with Crippen molar-refractivity contribution in [3.8, 4) is 0 Å². The molecule has 0 unspecified atom stereocenters. The quantitative estimate of drug-likeness (QED) is 0.381. The van der Waals surface area contributed by atoms with Crippen LogP contribution in [0.25, 0.3) is 0 Å². The standard InChI is InChI=1S/C13H29O5Si3/c1-11(12(14)15)13(16-19(2,3)4,17-20(5,6)7)18-21(8,9)10/h1H2,2-10H3. The molecule has 0 heterocycles. The molecule has 0 aliphatic carbocycles. The first-order valence-corrected chi connectivity index (χ1v) is 17.2. The number of hydrogen-bond acceptors (Lipinski definition) is 4. The van der Waals surface area contributed by atoms with E-state index in [0.717, 1.165) is 0 Å². The van der Waals surface area contributed by atoms with E-state index in [0.29, 0.717) is 0 Å². The van der Waals surface area contributed by atoms with Gasteiger partial charge in [0.25, 0.3) is 5.97 Å². The molecule has 1 radical (unpaired) electrons. The van der Waals surface area contributed by atoms with Gasteiger partial charge in [0.05, 0.1) is 0 Å². The third-order valence-electron chi connectivity index (χ3n) is 1.94. The Balaban J connectivity index is 5.94. The Hall–Kier alpha value is -0.259. The maximum absolute atomic E-state index is 11.4. The van der Waals surface area contributed by atoms with Crippen LogP contribution >= 0.6 is 0 Å². The van der Waals surface area contributed by atoms with E-state index in [1.54, 1.807) is 0 Å². The van der Waals surface area contributed by atoms with Crippen LogP contribution in [-0.2, 0) is 23.2 Å². The summed E-state index contributed by atoms with van der Waals surface area (Å²) in [7, 11) is -6.47. The van der Waals surface area contributed by atoms with Crippen LogP contribution in [0.3, 0.4) is 0 Å². The highest BCUT2D eigenvalue weighted by Gasteiger charge is 2.50. The van der Waals surface area contributed by atoms with Gasteiger partial charge in [-0.2, -0.15) is 0 Å². The Morgan fingerprint density at radius 3 is 1.14 bits per heavy atom. The van der Waals surface area contributed by atoms with Gasteiger partial charge in [-0.1, -0.05) is 6.58 Å². The van der Waals surface area contributed by atoms with Gasteiger partial charge >= 0.3 is 5.97 Å². The van der Waals surface area contributed by atoms with Crippen molar-refractivity contribution < 1.29 is 23.2 Å². The molecular formula is C13H29O5Si3. The Bertz CT molecular complexity index is 361. The molecule has 0 bridgehead atoms. The van der Waals surface area contributed by atoms with Gasteiger partial charge in [0.15, 0.2) is 25.0 Å². The highest BCUT2D eigenvalue weighted by atomic mass is 28.4. The molecule has 5 nitrogen and oxygen atoms in total. The minimum atomic E-state index is -2.16. The fourth-order valence-electron chi connectivity index (χ4n) is 1.58. The minimum absolute atomic E-state index is 0.297. The zero-order chi connectivity index (χ0) is 17.3. The van der Waals surface area contributed by atoms with Gasteiger partial charge in [0, 0.05) is 0 Å². The summed E-state index contributed by atoms with van der Waals surface area (Å²) in [6.07, 6.45) is 0. The smallest absolute Gasteiger partial charge is 0.367 e. The van der Waals surface area contributed by atoms with E-state index in [9.17, 15) is 9.90 Å². The van der Waals surface area contributed by atoms with Gasteiger partial charge in [-0.25, -0.2) is 9.90 Å². The SMILES string of the molecule is C=C(C([O])=O)C(O[Si](C)(C)C)(O[Si](C)(C)C)O[Si](C)(C)C. The lowest BCUT2D eigenvalue weighted by molar-refractivity contribution is -0.242.